The van der Waals surface area contributed by atoms with Gasteiger partial charge in [-0.2, -0.15) is 0 Å². The molecule has 9 rings (SSSR count). The molecule has 0 unspecified atom stereocenters. The van der Waals surface area contributed by atoms with Crippen molar-refractivity contribution in [3.63, 3.8) is 0 Å². The van der Waals surface area contributed by atoms with Crippen molar-refractivity contribution < 1.29 is 0 Å². The summed E-state index contributed by atoms with van der Waals surface area (Å²) in [6.45, 7) is 9.55. The smallest absolute Gasteiger partial charge is 0.0159 e. The van der Waals surface area contributed by atoms with Gasteiger partial charge in [0.1, 0.15) is 0 Å². The molecule has 0 spiro atoms. The molecule has 0 radical (unpaired) electrons. The molecule has 210 valence electrons. The predicted molar refractivity (Wildman–Crippen MR) is 187 cm³/mol. The van der Waals surface area contributed by atoms with E-state index in [0.717, 1.165) is 0 Å². The Labute approximate surface area is 259 Å². The molecular weight excluding hydrogens is 528 g/mol. The van der Waals surface area contributed by atoms with Crippen molar-refractivity contribution in [3.05, 3.63) is 156 Å². The van der Waals surface area contributed by atoms with Gasteiger partial charge in [-0.1, -0.05) is 149 Å². The molecule has 7 aromatic carbocycles. The minimum atomic E-state index is -0.0802. The average Bonchev–Trinajstić information content (AvgIpc) is 3.43. The van der Waals surface area contributed by atoms with Gasteiger partial charge in [-0.15, -0.1) is 0 Å². The summed E-state index contributed by atoms with van der Waals surface area (Å²) in [5.74, 6) is 0. The molecule has 0 N–H and O–H groups in total. The van der Waals surface area contributed by atoms with Crippen LogP contribution in [0.15, 0.2) is 133 Å². The van der Waals surface area contributed by atoms with Crippen LogP contribution in [0.5, 0.6) is 0 Å². The van der Waals surface area contributed by atoms with Crippen molar-refractivity contribution in [2.75, 3.05) is 0 Å². The van der Waals surface area contributed by atoms with E-state index < -0.39 is 0 Å². The second-order valence-electron chi connectivity index (χ2n) is 13.7. The molecule has 0 aliphatic heterocycles. The number of hydrogen-bond acceptors (Lipinski definition) is 0. The zero-order valence-corrected chi connectivity index (χ0v) is 25.7. The molecule has 0 amide bonds. The Balaban J connectivity index is 1.56. The van der Waals surface area contributed by atoms with Crippen LogP contribution in [0, 0.1) is 0 Å². The van der Waals surface area contributed by atoms with Gasteiger partial charge in [0.2, 0.25) is 0 Å². The monoisotopic (exact) mass is 562 g/mol. The van der Waals surface area contributed by atoms with Crippen LogP contribution in [0.2, 0.25) is 0 Å². The van der Waals surface area contributed by atoms with Crippen LogP contribution in [0.25, 0.3) is 66.1 Å². The van der Waals surface area contributed by atoms with Crippen molar-refractivity contribution in [1.29, 1.82) is 0 Å². The summed E-state index contributed by atoms with van der Waals surface area (Å²) < 4.78 is 0. The fraction of sp³-hybridized carbons (Fsp3) is 0.136. The van der Waals surface area contributed by atoms with Gasteiger partial charge in [-0.05, 0) is 100 Å². The van der Waals surface area contributed by atoms with Crippen LogP contribution < -0.4 is 0 Å². The zero-order chi connectivity index (χ0) is 29.8. The Bertz CT molecular complexity index is 2300. The standard InChI is InChI=1S/C44H34/c1-43(2)36-22-14-12-20-30(36)41-37(43)24-23-31-39(27-15-7-5-8-16-27)33-25-32-29-19-11-13-21-35(29)44(3,4)38(32)26-34(33)40(42(31)41)28-17-9-6-10-18-28/h5-26H,1-4H3. The maximum absolute atomic E-state index is 2.55. The van der Waals surface area contributed by atoms with E-state index >= 15 is 0 Å². The lowest BCUT2D eigenvalue weighted by Gasteiger charge is -2.25. The van der Waals surface area contributed by atoms with Crippen LogP contribution in [-0.2, 0) is 10.8 Å². The van der Waals surface area contributed by atoms with Crippen LogP contribution in [0.1, 0.15) is 49.9 Å². The van der Waals surface area contributed by atoms with Gasteiger partial charge < -0.3 is 0 Å². The third kappa shape index (κ3) is 3.23. The summed E-state index contributed by atoms with van der Waals surface area (Å²) in [7, 11) is 0. The van der Waals surface area contributed by atoms with Crippen molar-refractivity contribution in [2.45, 2.75) is 38.5 Å². The summed E-state index contributed by atoms with van der Waals surface area (Å²) in [4.78, 5) is 0. The molecule has 0 saturated carbocycles. The van der Waals surface area contributed by atoms with Gasteiger partial charge in [-0.25, -0.2) is 0 Å². The van der Waals surface area contributed by atoms with Crippen molar-refractivity contribution in [2.24, 2.45) is 0 Å². The first-order valence-corrected chi connectivity index (χ1v) is 15.8. The van der Waals surface area contributed by atoms with E-state index in [0.29, 0.717) is 0 Å². The Morgan fingerprint density at radius 1 is 0.341 bits per heavy atom. The molecule has 0 atom stereocenters. The van der Waals surface area contributed by atoms with E-state index in [9.17, 15) is 0 Å². The van der Waals surface area contributed by atoms with Gasteiger partial charge >= 0.3 is 0 Å². The maximum Gasteiger partial charge on any atom is 0.0159 e. The topological polar surface area (TPSA) is 0 Å². The molecule has 0 heteroatoms. The summed E-state index contributed by atoms with van der Waals surface area (Å²) >= 11 is 0. The predicted octanol–water partition coefficient (Wildman–Crippen LogP) is 11.9. The molecular formula is C44H34. The Morgan fingerprint density at radius 2 is 0.864 bits per heavy atom. The lowest BCUT2D eigenvalue weighted by molar-refractivity contribution is 0.661. The molecule has 0 saturated heterocycles. The second kappa shape index (κ2) is 8.80. The van der Waals surface area contributed by atoms with Crippen LogP contribution >= 0.6 is 0 Å². The molecule has 7 aromatic rings. The Kier molecular flexibility index (Phi) is 5.11. The van der Waals surface area contributed by atoms with E-state index in [4.69, 9.17) is 0 Å². The third-order valence-electron chi connectivity index (χ3n) is 10.7. The van der Waals surface area contributed by atoms with Gasteiger partial charge in [-0.3, -0.25) is 0 Å². The van der Waals surface area contributed by atoms with Crippen molar-refractivity contribution >= 4 is 21.5 Å². The average molecular weight is 563 g/mol. The van der Waals surface area contributed by atoms with Gasteiger partial charge in [0, 0.05) is 10.8 Å². The first-order chi connectivity index (χ1) is 21.4. The lowest BCUT2D eigenvalue weighted by atomic mass is 9.77. The van der Waals surface area contributed by atoms with E-state index in [1.807, 2.05) is 0 Å². The molecule has 0 nitrogen and oxygen atoms in total. The molecule has 2 aliphatic rings. The van der Waals surface area contributed by atoms with Gasteiger partial charge in [0.25, 0.3) is 0 Å². The SMILES string of the molecule is CC1(C)c2ccccc2-c2cc3c(-c4ccccc4)c4ccc5c(c4c(-c4ccccc4)c3cc21)-c1ccccc1C5(C)C. The van der Waals surface area contributed by atoms with Crippen molar-refractivity contribution in [1.82, 2.24) is 0 Å². The first-order valence-electron chi connectivity index (χ1n) is 15.8. The quantitative estimate of drug-likeness (QED) is 0.184. The molecule has 2 aliphatic carbocycles. The Hall–Kier alpha value is -4.94. The lowest BCUT2D eigenvalue weighted by Crippen LogP contribution is -2.15. The first kappa shape index (κ1) is 25.5. The van der Waals surface area contributed by atoms with E-state index in [1.54, 1.807) is 0 Å². The summed E-state index contributed by atoms with van der Waals surface area (Å²) in [5, 5.41) is 5.34. The van der Waals surface area contributed by atoms with Crippen LogP contribution in [-0.4, -0.2) is 0 Å². The number of fused-ring (bicyclic) bond motifs is 9. The molecule has 0 aromatic heterocycles. The highest BCUT2D eigenvalue weighted by molar-refractivity contribution is 6.26. The van der Waals surface area contributed by atoms with E-state index in [2.05, 4.69) is 161 Å². The minimum Gasteiger partial charge on any atom is -0.0622 e. The third-order valence-corrected chi connectivity index (χ3v) is 10.7. The highest BCUT2D eigenvalue weighted by atomic mass is 14.4. The van der Waals surface area contributed by atoms with Crippen LogP contribution in [0.3, 0.4) is 0 Å². The fourth-order valence-corrected chi connectivity index (χ4v) is 8.52. The normalized spacial score (nSPS) is 15.2. The molecule has 0 fully saturated rings. The zero-order valence-electron chi connectivity index (χ0n) is 25.7. The summed E-state index contributed by atoms with van der Waals surface area (Å²) in [6.07, 6.45) is 0. The summed E-state index contributed by atoms with van der Waals surface area (Å²) in [6, 6.07) is 50.1. The van der Waals surface area contributed by atoms with E-state index in [1.165, 1.54) is 88.3 Å². The second-order valence-corrected chi connectivity index (χ2v) is 13.7. The highest BCUT2D eigenvalue weighted by Crippen LogP contribution is 2.57. The van der Waals surface area contributed by atoms with E-state index in [-0.39, 0.29) is 10.8 Å². The number of rotatable bonds is 2. The largest absolute Gasteiger partial charge is 0.0622 e. The maximum atomic E-state index is 2.55. The van der Waals surface area contributed by atoms with Gasteiger partial charge in [0.05, 0.1) is 0 Å². The molecule has 0 heterocycles. The van der Waals surface area contributed by atoms with Crippen molar-refractivity contribution in [3.8, 4) is 44.5 Å². The number of hydrogen-bond donors (Lipinski definition) is 0. The minimum absolute atomic E-state index is 0.0719. The summed E-state index contributed by atoms with van der Waals surface area (Å²) in [5.41, 5.74) is 16.2. The van der Waals surface area contributed by atoms with Gasteiger partial charge in [0.15, 0.2) is 0 Å². The molecule has 0 bridgehead atoms. The highest BCUT2D eigenvalue weighted by Gasteiger charge is 2.39. The van der Waals surface area contributed by atoms with Crippen LogP contribution in [0.4, 0.5) is 0 Å². The molecule has 44 heavy (non-hydrogen) atoms. The Morgan fingerprint density at radius 3 is 1.55 bits per heavy atom. The fourth-order valence-electron chi connectivity index (χ4n) is 8.52. The number of benzene rings is 7.